The predicted molar refractivity (Wildman–Crippen MR) is 79.3 cm³/mol. The average Bonchev–Trinajstić information content (AvgIpc) is 2.36. The van der Waals surface area contributed by atoms with Crippen molar-refractivity contribution < 1.29 is 4.74 Å². The topological polar surface area (TPSA) is 9.23 Å². The molecule has 0 saturated carbocycles. The SMILES string of the molecule is Cc1cc(C)cc(COc2ccc(CBr)cc2)c1. The maximum atomic E-state index is 5.79. The van der Waals surface area contributed by atoms with Crippen molar-refractivity contribution >= 4 is 15.9 Å². The molecular formula is C16H17BrO. The van der Waals surface area contributed by atoms with Gasteiger partial charge in [-0.15, -0.1) is 0 Å². The molecule has 0 amide bonds. The van der Waals surface area contributed by atoms with Gasteiger partial charge in [0, 0.05) is 5.33 Å². The van der Waals surface area contributed by atoms with E-state index < -0.39 is 0 Å². The largest absolute Gasteiger partial charge is 0.489 e. The predicted octanol–water partition coefficient (Wildman–Crippen LogP) is 4.78. The molecule has 94 valence electrons. The number of alkyl halides is 1. The summed E-state index contributed by atoms with van der Waals surface area (Å²) in [4.78, 5) is 0. The van der Waals surface area contributed by atoms with E-state index in [2.05, 4.69) is 60.1 Å². The fraction of sp³-hybridized carbons (Fsp3) is 0.250. The molecule has 2 heteroatoms. The number of aryl methyl sites for hydroxylation is 2. The van der Waals surface area contributed by atoms with Crippen LogP contribution in [0.25, 0.3) is 0 Å². The van der Waals surface area contributed by atoms with Crippen molar-refractivity contribution in [3.05, 3.63) is 64.7 Å². The first-order chi connectivity index (χ1) is 8.67. The molecule has 2 aromatic carbocycles. The lowest BCUT2D eigenvalue weighted by Gasteiger charge is -2.08. The first-order valence-corrected chi connectivity index (χ1v) is 7.14. The Morgan fingerprint density at radius 3 is 2.06 bits per heavy atom. The van der Waals surface area contributed by atoms with Gasteiger partial charge in [-0.1, -0.05) is 57.4 Å². The summed E-state index contributed by atoms with van der Waals surface area (Å²) in [5.41, 5.74) is 5.04. The molecule has 0 aromatic heterocycles. The third kappa shape index (κ3) is 3.61. The summed E-state index contributed by atoms with van der Waals surface area (Å²) in [6.07, 6.45) is 0. The maximum Gasteiger partial charge on any atom is 0.119 e. The second kappa shape index (κ2) is 6.05. The molecule has 0 atom stereocenters. The van der Waals surface area contributed by atoms with Gasteiger partial charge in [0.05, 0.1) is 0 Å². The number of hydrogen-bond acceptors (Lipinski definition) is 1. The highest BCUT2D eigenvalue weighted by molar-refractivity contribution is 9.08. The van der Waals surface area contributed by atoms with Crippen LogP contribution in [-0.4, -0.2) is 0 Å². The Kier molecular flexibility index (Phi) is 4.43. The minimum Gasteiger partial charge on any atom is -0.489 e. The van der Waals surface area contributed by atoms with Crippen molar-refractivity contribution in [1.82, 2.24) is 0 Å². The standard InChI is InChI=1S/C16H17BrO/c1-12-7-13(2)9-15(8-12)11-18-16-5-3-14(10-17)4-6-16/h3-9H,10-11H2,1-2H3. The third-order valence-corrected chi connectivity index (χ3v) is 3.41. The van der Waals surface area contributed by atoms with Crippen LogP contribution in [0.4, 0.5) is 0 Å². The van der Waals surface area contributed by atoms with Gasteiger partial charge in [-0.2, -0.15) is 0 Å². The van der Waals surface area contributed by atoms with Crippen LogP contribution in [0, 0.1) is 13.8 Å². The Morgan fingerprint density at radius 1 is 0.889 bits per heavy atom. The Labute approximate surface area is 117 Å². The lowest BCUT2D eigenvalue weighted by Crippen LogP contribution is -1.96. The zero-order valence-electron chi connectivity index (χ0n) is 10.7. The third-order valence-electron chi connectivity index (χ3n) is 2.76. The molecule has 0 fully saturated rings. The van der Waals surface area contributed by atoms with E-state index in [0.29, 0.717) is 6.61 Å². The molecule has 0 unspecified atom stereocenters. The molecule has 0 radical (unpaired) electrons. The van der Waals surface area contributed by atoms with Gasteiger partial charge in [0.2, 0.25) is 0 Å². The number of hydrogen-bond donors (Lipinski definition) is 0. The minimum absolute atomic E-state index is 0.621. The van der Waals surface area contributed by atoms with Gasteiger partial charge in [0.15, 0.2) is 0 Å². The molecule has 2 aromatic rings. The lowest BCUT2D eigenvalue weighted by atomic mass is 10.1. The van der Waals surface area contributed by atoms with E-state index in [4.69, 9.17) is 4.74 Å². The Hall–Kier alpha value is -1.28. The van der Waals surface area contributed by atoms with Crippen LogP contribution in [0.5, 0.6) is 5.75 Å². The summed E-state index contributed by atoms with van der Waals surface area (Å²) in [7, 11) is 0. The number of halogens is 1. The van der Waals surface area contributed by atoms with E-state index >= 15 is 0 Å². The molecule has 1 nitrogen and oxygen atoms in total. The number of rotatable bonds is 4. The van der Waals surface area contributed by atoms with Crippen molar-refractivity contribution in [1.29, 1.82) is 0 Å². The monoisotopic (exact) mass is 304 g/mol. The van der Waals surface area contributed by atoms with E-state index in [9.17, 15) is 0 Å². The smallest absolute Gasteiger partial charge is 0.119 e. The van der Waals surface area contributed by atoms with Gasteiger partial charge in [-0.25, -0.2) is 0 Å². The molecule has 0 aliphatic rings. The summed E-state index contributed by atoms with van der Waals surface area (Å²) in [5.74, 6) is 0.916. The van der Waals surface area contributed by atoms with Crippen LogP contribution in [0.3, 0.4) is 0 Å². The Bertz CT molecular complexity index is 497. The van der Waals surface area contributed by atoms with Crippen molar-refractivity contribution in [2.24, 2.45) is 0 Å². The van der Waals surface area contributed by atoms with Crippen molar-refractivity contribution in [3.8, 4) is 5.75 Å². The summed E-state index contributed by atoms with van der Waals surface area (Å²) in [5, 5.41) is 0.879. The normalized spacial score (nSPS) is 10.4. The molecule has 2 rings (SSSR count). The number of benzene rings is 2. The molecule has 0 N–H and O–H groups in total. The summed E-state index contributed by atoms with van der Waals surface area (Å²) >= 11 is 3.43. The summed E-state index contributed by atoms with van der Waals surface area (Å²) in [6.45, 7) is 4.85. The fourth-order valence-electron chi connectivity index (χ4n) is 1.99. The van der Waals surface area contributed by atoms with Crippen LogP contribution >= 0.6 is 15.9 Å². The highest BCUT2D eigenvalue weighted by Gasteiger charge is 1.98. The second-order valence-electron chi connectivity index (χ2n) is 4.56. The van der Waals surface area contributed by atoms with E-state index in [0.717, 1.165) is 11.1 Å². The van der Waals surface area contributed by atoms with Gasteiger partial charge in [-0.05, 0) is 37.1 Å². The van der Waals surface area contributed by atoms with Gasteiger partial charge in [0.1, 0.15) is 12.4 Å². The zero-order valence-corrected chi connectivity index (χ0v) is 12.3. The van der Waals surface area contributed by atoms with Gasteiger partial charge in [0.25, 0.3) is 0 Å². The van der Waals surface area contributed by atoms with Crippen molar-refractivity contribution in [2.75, 3.05) is 0 Å². The maximum absolute atomic E-state index is 5.79. The summed E-state index contributed by atoms with van der Waals surface area (Å²) < 4.78 is 5.79. The van der Waals surface area contributed by atoms with E-state index in [1.54, 1.807) is 0 Å². The Morgan fingerprint density at radius 2 is 1.50 bits per heavy atom. The second-order valence-corrected chi connectivity index (χ2v) is 5.12. The van der Waals surface area contributed by atoms with E-state index in [-0.39, 0.29) is 0 Å². The summed E-state index contributed by atoms with van der Waals surface area (Å²) in [6, 6.07) is 14.7. The quantitative estimate of drug-likeness (QED) is 0.739. The lowest BCUT2D eigenvalue weighted by molar-refractivity contribution is 0.306. The van der Waals surface area contributed by atoms with Gasteiger partial charge < -0.3 is 4.74 Å². The van der Waals surface area contributed by atoms with Gasteiger partial charge in [-0.3, -0.25) is 0 Å². The highest BCUT2D eigenvalue weighted by Crippen LogP contribution is 2.16. The van der Waals surface area contributed by atoms with Crippen LogP contribution in [0.15, 0.2) is 42.5 Å². The van der Waals surface area contributed by atoms with Crippen molar-refractivity contribution in [2.45, 2.75) is 25.8 Å². The van der Waals surface area contributed by atoms with Crippen LogP contribution in [0.1, 0.15) is 22.3 Å². The van der Waals surface area contributed by atoms with Crippen LogP contribution in [0.2, 0.25) is 0 Å². The molecule has 0 spiro atoms. The Balaban J connectivity index is 2.01. The fourth-order valence-corrected chi connectivity index (χ4v) is 2.37. The first kappa shape index (κ1) is 13.2. The van der Waals surface area contributed by atoms with E-state index in [1.165, 1.54) is 22.3 Å². The molecule has 0 bridgehead atoms. The molecule has 18 heavy (non-hydrogen) atoms. The average molecular weight is 305 g/mol. The van der Waals surface area contributed by atoms with Crippen LogP contribution < -0.4 is 4.74 Å². The van der Waals surface area contributed by atoms with Gasteiger partial charge >= 0.3 is 0 Å². The zero-order chi connectivity index (χ0) is 13.0. The molecule has 0 heterocycles. The minimum atomic E-state index is 0.621. The molecule has 0 aliphatic heterocycles. The van der Waals surface area contributed by atoms with Crippen LogP contribution in [-0.2, 0) is 11.9 Å². The molecule has 0 saturated heterocycles. The van der Waals surface area contributed by atoms with Crippen molar-refractivity contribution in [3.63, 3.8) is 0 Å². The van der Waals surface area contributed by atoms with E-state index in [1.807, 2.05) is 12.1 Å². The molecule has 0 aliphatic carbocycles. The number of ether oxygens (including phenoxy) is 1. The first-order valence-electron chi connectivity index (χ1n) is 6.02. The molecular weight excluding hydrogens is 288 g/mol. The highest BCUT2D eigenvalue weighted by atomic mass is 79.9.